The van der Waals surface area contributed by atoms with E-state index in [1.165, 1.54) is 60.9 Å². The highest BCUT2D eigenvalue weighted by Gasteiger charge is 2.38. The van der Waals surface area contributed by atoms with Crippen LogP contribution in [0.1, 0.15) is 45.7 Å². The summed E-state index contributed by atoms with van der Waals surface area (Å²) in [4.78, 5) is 10.3. The Labute approximate surface area is 263 Å². The van der Waals surface area contributed by atoms with Gasteiger partial charge in [0.1, 0.15) is 0 Å². The zero-order valence-electron chi connectivity index (χ0n) is 24.8. The second kappa shape index (κ2) is 10.5. The molecule has 0 N–H and O–H groups in total. The summed E-state index contributed by atoms with van der Waals surface area (Å²) >= 11 is 0. The Kier molecular flexibility index (Phi) is 6.05. The number of benzene rings is 5. The fourth-order valence-electron chi connectivity index (χ4n) is 7.68. The molecule has 45 heavy (non-hydrogen) atoms. The number of hydrogen-bond acceptors (Lipinski definition) is 2. The lowest BCUT2D eigenvalue weighted by Crippen LogP contribution is -2.24. The van der Waals surface area contributed by atoms with Crippen molar-refractivity contribution in [2.75, 3.05) is 0 Å². The van der Waals surface area contributed by atoms with Crippen molar-refractivity contribution >= 4 is 51.8 Å². The van der Waals surface area contributed by atoms with Crippen molar-refractivity contribution in [1.82, 2.24) is 0 Å². The van der Waals surface area contributed by atoms with Gasteiger partial charge >= 0.3 is 0 Å². The maximum Gasteiger partial charge on any atom is 0.0886 e. The first-order valence-electron chi connectivity index (χ1n) is 15.7. The van der Waals surface area contributed by atoms with Crippen LogP contribution < -0.4 is 0 Å². The van der Waals surface area contributed by atoms with E-state index >= 15 is 0 Å². The number of allylic oxidation sites excluding steroid dienone is 8. The zero-order valence-corrected chi connectivity index (χ0v) is 24.8. The minimum atomic E-state index is 0.161. The summed E-state index contributed by atoms with van der Waals surface area (Å²) < 4.78 is 0. The summed E-state index contributed by atoms with van der Waals surface area (Å²) in [6.45, 7) is 0. The van der Waals surface area contributed by atoms with Crippen LogP contribution >= 0.6 is 0 Å². The molecule has 0 aromatic heterocycles. The Hall–Kier alpha value is -5.60. The maximum absolute atomic E-state index is 5.19. The molecule has 2 nitrogen and oxygen atoms in total. The van der Waals surface area contributed by atoms with Crippen LogP contribution in [0, 0.1) is 5.92 Å². The maximum atomic E-state index is 5.19. The van der Waals surface area contributed by atoms with Crippen LogP contribution in [0.5, 0.6) is 0 Å². The van der Waals surface area contributed by atoms with Gasteiger partial charge in [-0.25, -0.2) is 0 Å². The lowest BCUT2D eigenvalue weighted by Gasteiger charge is -2.38. The molecule has 5 aromatic rings. The third kappa shape index (κ3) is 4.17. The minimum Gasteiger partial charge on any atom is -0.254 e. The van der Waals surface area contributed by atoms with Gasteiger partial charge in [-0.05, 0) is 73.9 Å². The molecule has 2 aliphatic heterocycles. The number of fused-ring (bicyclic) bond motifs is 2. The first-order chi connectivity index (χ1) is 22.3. The Balaban J connectivity index is 1.44. The van der Waals surface area contributed by atoms with Gasteiger partial charge in [0, 0.05) is 35.4 Å². The normalized spacial score (nSPS) is 19.3. The highest BCUT2D eigenvalue weighted by Crippen LogP contribution is 2.53. The Morgan fingerprint density at radius 2 is 1.36 bits per heavy atom. The average Bonchev–Trinajstić information content (AvgIpc) is 3.28. The van der Waals surface area contributed by atoms with Crippen LogP contribution in [-0.2, 0) is 0 Å². The molecule has 0 amide bonds. The zero-order chi connectivity index (χ0) is 29.7. The lowest BCUT2D eigenvalue weighted by molar-refractivity contribution is 0.630. The highest BCUT2D eigenvalue weighted by atomic mass is 14.8. The topological polar surface area (TPSA) is 24.7 Å². The molecule has 0 radical (unpaired) electrons. The van der Waals surface area contributed by atoms with Gasteiger partial charge in [0.25, 0.3) is 0 Å². The molecule has 0 spiro atoms. The molecule has 0 saturated carbocycles. The average molecular weight is 575 g/mol. The largest absolute Gasteiger partial charge is 0.254 e. The third-order valence-corrected chi connectivity index (χ3v) is 9.67. The fraction of sp³-hybridized carbons (Fsp3) is 0.0698. The number of aliphatic imine (C=N–C) groups is 2. The lowest BCUT2D eigenvalue weighted by atomic mass is 9.64. The second-order valence-corrected chi connectivity index (χ2v) is 12.1. The monoisotopic (exact) mass is 574 g/mol. The quantitative estimate of drug-likeness (QED) is 0.176. The van der Waals surface area contributed by atoms with E-state index in [-0.39, 0.29) is 11.8 Å². The van der Waals surface area contributed by atoms with E-state index in [0.717, 1.165) is 23.4 Å². The summed E-state index contributed by atoms with van der Waals surface area (Å²) in [7, 11) is 0. The number of nitrogens with zero attached hydrogens (tertiary/aromatic N) is 2. The molecule has 0 fully saturated rings. The van der Waals surface area contributed by atoms with Gasteiger partial charge in [0.15, 0.2) is 0 Å². The van der Waals surface area contributed by atoms with Crippen molar-refractivity contribution in [3.8, 4) is 0 Å². The van der Waals surface area contributed by atoms with E-state index in [1.54, 1.807) is 0 Å². The summed E-state index contributed by atoms with van der Waals surface area (Å²) in [6, 6.07) is 39.2. The van der Waals surface area contributed by atoms with E-state index in [9.17, 15) is 0 Å². The number of rotatable bonds is 0. The molecule has 5 aliphatic rings. The fourth-order valence-corrected chi connectivity index (χ4v) is 7.68. The molecule has 2 atom stereocenters. The van der Waals surface area contributed by atoms with Crippen molar-refractivity contribution in [1.29, 1.82) is 0 Å². The van der Waals surface area contributed by atoms with Gasteiger partial charge in [0.05, 0.1) is 11.4 Å². The van der Waals surface area contributed by atoms with Gasteiger partial charge in [0.2, 0.25) is 0 Å². The number of para-hydroxylation sites is 2. The van der Waals surface area contributed by atoms with Crippen LogP contribution in [-0.4, -0.2) is 12.4 Å². The Morgan fingerprint density at radius 3 is 2.27 bits per heavy atom. The van der Waals surface area contributed by atoms with E-state index in [2.05, 4.69) is 146 Å². The van der Waals surface area contributed by atoms with E-state index in [0.29, 0.717) is 0 Å². The van der Waals surface area contributed by atoms with Crippen molar-refractivity contribution in [2.45, 2.75) is 12.3 Å². The number of hydrogen-bond donors (Lipinski definition) is 0. The Morgan fingerprint density at radius 1 is 0.600 bits per heavy atom. The highest BCUT2D eigenvalue weighted by molar-refractivity contribution is 6.14. The molecular weight excluding hydrogens is 544 g/mol. The van der Waals surface area contributed by atoms with E-state index in [4.69, 9.17) is 9.98 Å². The molecule has 212 valence electrons. The SMILES string of the molecule is C1=CC2=C3c4ccccc4C(C4=C(C=Nc5ccccc5N=Cc5c3ccc3ccccc53)c3ccccc3C=CC4)C2C=C1. The molecule has 0 saturated heterocycles. The summed E-state index contributed by atoms with van der Waals surface area (Å²) in [5.41, 5.74) is 14.4. The smallest absolute Gasteiger partial charge is 0.0886 e. The summed E-state index contributed by atoms with van der Waals surface area (Å²) in [6.07, 6.45) is 18.8. The summed E-state index contributed by atoms with van der Waals surface area (Å²) in [5.74, 6) is 0.345. The van der Waals surface area contributed by atoms with Crippen LogP contribution in [0.4, 0.5) is 11.4 Å². The van der Waals surface area contributed by atoms with Gasteiger partial charge in [-0.3, -0.25) is 9.98 Å². The van der Waals surface area contributed by atoms with E-state index < -0.39 is 0 Å². The van der Waals surface area contributed by atoms with Gasteiger partial charge in [-0.15, -0.1) is 0 Å². The standard InChI is InChI=1S/C43H30N2/c1-3-15-30-28(12-1)14-11-21-36-38(30)26-44-40-22-9-10-23-41(40)45-27-39-31-16-4-2-13-29(31)24-25-37(39)43-34-19-7-5-17-32(34)42(36)33-18-6-8-20-35(33)43/h1-20,22-27,32,42H,21H2. The minimum absolute atomic E-state index is 0.161. The van der Waals surface area contributed by atoms with Crippen molar-refractivity contribution in [2.24, 2.45) is 15.9 Å². The molecule has 2 bridgehead atoms. The molecule has 5 aromatic carbocycles. The van der Waals surface area contributed by atoms with Gasteiger partial charge < -0.3 is 0 Å². The van der Waals surface area contributed by atoms with Gasteiger partial charge in [-0.1, -0.05) is 134 Å². The van der Waals surface area contributed by atoms with Crippen molar-refractivity contribution in [3.05, 3.63) is 184 Å². The third-order valence-electron chi connectivity index (χ3n) is 9.67. The van der Waals surface area contributed by atoms with Crippen LogP contribution in [0.3, 0.4) is 0 Å². The first-order valence-corrected chi connectivity index (χ1v) is 15.7. The van der Waals surface area contributed by atoms with Crippen LogP contribution in [0.25, 0.3) is 28.0 Å². The molecular formula is C43H30N2. The van der Waals surface area contributed by atoms with Gasteiger partial charge in [-0.2, -0.15) is 0 Å². The summed E-state index contributed by atoms with van der Waals surface area (Å²) in [5, 5.41) is 2.40. The van der Waals surface area contributed by atoms with E-state index in [1.807, 2.05) is 12.1 Å². The second-order valence-electron chi connectivity index (χ2n) is 12.1. The van der Waals surface area contributed by atoms with Crippen LogP contribution in [0.2, 0.25) is 0 Å². The molecule has 10 rings (SSSR count). The molecule has 2 unspecified atom stereocenters. The Bertz CT molecular complexity index is 2250. The molecule has 2 heterocycles. The first kappa shape index (κ1) is 25.9. The predicted molar refractivity (Wildman–Crippen MR) is 190 cm³/mol. The predicted octanol–water partition coefficient (Wildman–Crippen LogP) is 10.8. The molecule has 2 heteroatoms. The van der Waals surface area contributed by atoms with Crippen molar-refractivity contribution < 1.29 is 0 Å². The van der Waals surface area contributed by atoms with Crippen molar-refractivity contribution in [3.63, 3.8) is 0 Å². The van der Waals surface area contributed by atoms with Crippen LogP contribution in [0.15, 0.2) is 161 Å². The molecule has 3 aliphatic carbocycles.